The van der Waals surface area contributed by atoms with Gasteiger partial charge < -0.3 is 9.47 Å². The number of methoxy groups -OCH3 is 1. The number of hydrogen-bond donors (Lipinski definition) is 1. The number of barbiturate groups is 1. The molecular weight excluding hydrogens is 388 g/mol. The van der Waals surface area contributed by atoms with Gasteiger partial charge in [-0.2, -0.15) is 0 Å². The summed E-state index contributed by atoms with van der Waals surface area (Å²) in [5, 5.41) is 2.19. The second-order valence-electron chi connectivity index (χ2n) is 6.81. The van der Waals surface area contributed by atoms with Crippen LogP contribution in [0.25, 0.3) is 6.08 Å². The number of amides is 4. The Morgan fingerprint density at radius 3 is 2.27 bits per heavy atom. The first-order chi connectivity index (χ1) is 14.2. The average Bonchev–Trinajstić information content (AvgIpc) is 2.64. The normalized spacial score (nSPS) is 15.3. The lowest BCUT2D eigenvalue weighted by molar-refractivity contribution is -0.132. The summed E-state index contributed by atoms with van der Waals surface area (Å²) >= 11 is 0. The Morgan fingerprint density at radius 2 is 1.67 bits per heavy atom. The molecule has 0 saturated carbocycles. The maximum absolute atomic E-state index is 13.0. The van der Waals surface area contributed by atoms with Gasteiger partial charge in [0.15, 0.2) is 11.5 Å². The number of imide groups is 2. The Hall–Kier alpha value is -3.94. The number of nitrogens with one attached hydrogen (secondary N) is 1. The Morgan fingerprint density at radius 1 is 1.00 bits per heavy atom. The summed E-state index contributed by atoms with van der Waals surface area (Å²) in [4.78, 5) is 49.8. The molecule has 0 aliphatic carbocycles. The summed E-state index contributed by atoms with van der Waals surface area (Å²) in [7, 11) is 1.40. The van der Waals surface area contributed by atoms with Crippen LogP contribution in [0.3, 0.4) is 0 Å². The minimum Gasteiger partial charge on any atom is -0.493 e. The molecule has 2 aromatic carbocycles. The average molecular weight is 408 g/mol. The standard InChI is InChI=1S/C22H20N2O6/c1-12-7-13(2)9-16(8-12)24-21(27)17(20(26)23-22(24)28)10-15-5-6-18(30-14(3)25)19(11-15)29-4/h5-11H,1-4H3,(H,23,26,28)/b17-10+. The van der Waals surface area contributed by atoms with Crippen molar-refractivity contribution >= 4 is 35.6 Å². The number of rotatable bonds is 4. The fourth-order valence-electron chi connectivity index (χ4n) is 3.15. The lowest BCUT2D eigenvalue weighted by Gasteiger charge is -2.27. The zero-order valence-corrected chi connectivity index (χ0v) is 16.9. The van der Waals surface area contributed by atoms with E-state index in [2.05, 4.69) is 5.32 Å². The van der Waals surface area contributed by atoms with Gasteiger partial charge in [-0.1, -0.05) is 12.1 Å². The van der Waals surface area contributed by atoms with Crippen molar-refractivity contribution in [1.82, 2.24) is 5.32 Å². The third-order valence-electron chi connectivity index (χ3n) is 4.32. The van der Waals surface area contributed by atoms with Crippen LogP contribution in [-0.4, -0.2) is 30.9 Å². The van der Waals surface area contributed by atoms with Crippen molar-refractivity contribution in [2.24, 2.45) is 0 Å². The second-order valence-corrected chi connectivity index (χ2v) is 6.81. The summed E-state index contributed by atoms with van der Waals surface area (Å²) in [5.74, 6) is -1.58. The molecule has 1 saturated heterocycles. The minimum atomic E-state index is -0.810. The third kappa shape index (κ3) is 4.22. The minimum absolute atomic E-state index is 0.207. The Kier molecular flexibility index (Phi) is 5.68. The molecule has 1 heterocycles. The van der Waals surface area contributed by atoms with E-state index < -0.39 is 23.8 Å². The Labute approximate surface area is 173 Å². The zero-order valence-electron chi connectivity index (χ0n) is 16.9. The zero-order chi connectivity index (χ0) is 22.0. The molecule has 4 amide bonds. The molecule has 8 heteroatoms. The van der Waals surface area contributed by atoms with Crippen molar-refractivity contribution in [2.75, 3.05) is 12.0 Å². The van der Waals surface area contributed by atoms with Gasteiger partial charge in [0.25, 0.3) is 11.8 Å². The van der Waals surface area contributed by atoms with Crippen LogP contribution in [0.4, 0.5) is 10.5 Å². The number of ether oxygens (including phenoxy) is 2. The summed E-state index contributed by atoms with van der Waals surface area (Å²) < 4.78 is 10.3. The highest BCUT2D eigenvalue weighted by molar-refractivity contribution is 6.39. The summed E-state index contributed by atoms with van der Waals surface area (Å²) in [6.07, 6.45) is 1.35. The molecule has 0 spiro atoms. The highest BCUT2D eigenvalue weighted by Crippen LogP contribution is 2.30. The Bertz CT molecular complexity index is 1080. The first kappa shape index (κ1) is 20.8. The van der Waals surface area contributed by atoms with Gasteiger partial charge in [0.1, 0.15) is 5.57 Å². The first-order valence-electron chi connectivity index (χ1n) is 9.06. The van der Waals surface area contributed by atoms with Crippen molar-refractivity contribution in [3.05, 3.63) is 58.7 Å². The van der Waals surface area contributed by atoms with Gasteiger partial charge >= 0.3 is 12.0 Å². The maximum atomic E-state index is 13.0. The molecule has 30 heavy (non-hydrogen) atoms. The van der Waals surface area contributed by atoms with Gasteiger partial charge in [-0.3, -0.25) is 19.7 Å². The van der Waals surface area contributed by atoms with Crippen molar-refractivity contribution in [1.29, 1.82) is 0 Å². The molecule has 0 unspecified atom stereocenters. The summed E-state index contributed by atoms with van der Waals surface area (Å²) in [5.41, 5.74) is 2.36. The largest absolute Gasteiger partial charge is 0.493 e. The van der Waals surface area contributed by atoms with E-state index >= 15 is 0 Å². The van der Waals surface area contributed by atoms with E-state index in [1.807, 2.05) is 19.9 Å². The molecule has 1 fully saturated rings. The molecule has 1 N–H and O–H groups in total. The number of carbonyl (C=O) groups is 4. The van der Waals surface area contributed by atoms with E-state index in [1.54, 1.807) is 18.2 Å². The molecular formula is C22H20N2O6. The number of benzene rings is 2. The van der Waals surface area contributed by atoms with Gasteiger partial charge in [0, 0.05) is 6.92 Å². The number of esters is 1. The molecule has 2 aromatic rings. The number of carbonyl (C=O) groups excluding carboxylic acids is 4. The molecule has 1 aliphatic heterocycles. The van der Waals surface area contributed by atoms with E-state index in [1.165, 1.54) is 32.2 Å². The number of nitrogens with zero attached hydrogens (tertiary/aromatic N) is 1. The van der Waals surface area contributed by atoms with Crippen molar-refractivity contribution in [3.63, 3.8) is 0 Å². The molecule has 8 nitrogen and oxygen atoms in total. The van der Waals surface area contributed by atoms with Crippen molar-refractivity contribution in [3.8, 4) is 11.5 Å². The predicted molar refractivity (Wildman–Crippen MR) is 109 cm³/mol. The van der Waals surface area contributed by atoms with Crippen LogP contribution in [-0.2, 0) is 14.4 Å². The van der Waals surface area contributed by atoms with Crippen molar-refractivity contribution in [2.45, 2.75) is 20.8 Å². The van der Waals surface area contributed by atoms with Crippen LogP contribution >= 0.6 is 0 Å². The van der Waals surface area contributed by atoms with E-state index in [0.717, 1.165) is 16.0 Å². The van der Waals surface area contributed by atoms with Crippen LogP contribution in [0.2, 0.25) is 0 Å². The lowest BCUT2D eigenvalue weighted by atomic mass is 10.0. The number of hydrogen-bond acceptors (Lipinski definition) is 6. The number of aryl methyl sites for hydroxylation is 2. The number of urea groups is 1. The second kappa shape index (κ2) is 8.20. The number of anilines is 1. The van der Waals surface area contributed by atoms with Crippen LogP contribution in [0.15, 0.2) is 42.0 Å². The SMILES string of the molecule is COc1cc(/C=C2\C(=O)NC(=O)N(c3cc(C)cc(C)c3)C2=O)ccc1OC(C)=O. The fraction of sp³-hybridized carbons (Fsp3) is 0.182. The fourth-order valence-corrected chi connectivity index (χ4v) is 3.15. The van der Waals surface area contributed by atoms with Gasteiger partial charge in [-0.05, 0) is 60.9 Å². The Balaban J connectivity index is 2.01. The quantitative estimate of drug-likeness (QED) is 0.361. The van der Waals surface area contributed by atoms with E-state index in [4.69, 9.17) is 9.47 Å². The van der Waals surface area contributed by atoms with E-state index in [-0.39, 0.29) is 17.1 Å². The molecule has 0 bridgehead atoms. The molecule has 154 valence electrons. The highest BCUT2D eigenvalue weighted by atomic mass is 16.6. The molecule has 0 aromatic heterocycles. The van der Waals surface area contributed by atoms with E-state index in [9.17, 15) is 19.2 Å². The van der Waals surface area contributed by atoms with Crippen LogP contribution < -0.4 is 19.7 Å². The van der Waals surface area contributed by atoms with Gasteiger partial charge in [-0.25, -0.2) is 9.69 Å². The van der Waals surface area contributed by atoms with E-state index in [0.29, 0.717) is 11.3 Å². The van der Waals surface area contributed by atoms with Crippen LogP contribution in [0.5, 0.6) is 11.5 Å². The molecule has 3 rings (SSSR count). The van der Waals surface area contributed by atoms with Crippen LogP contribution in [0, 0.1) is 13.8 Å². The third-order valence-corrected chi connectivity index (χ3v) is 4.32. The topological polar surface area (TPSA) is 102 Å². The predicted octanol–water partition coefficient (Wildman–Crippen LogP) is 2.90. The highest BCUT2D eigenvalue weighted by Gasteiger charge is 2.37. The molecule has 0 radical (unpaired) electrons. The molecule has 0 atom stereocenters. The van der Waals surface area contributed by atoms with Gasteiger partial charge in [0.05, 0.1) is 12.8 Å². The van der Waals surface area contributed by atoms with Gasteiger partial charge in [-0.15, -0.1) is 0 Å². The van der Waals surface area contributed by atoms with Crippen LogP contribution in [0.1, 0.15) is 23.6 Å². The summed E-state index contributed by atoms with van der Waals surface area (Å²) in [6.45, 7) is 4.96. The van der Waals surface area contributed by atoms with Crippen molar-refractivity contribution < 1.29 is 28.7 Å². The lowest BCUT2D eigenvalue weighted by Crippen LogP contribution is -2.54. The summed E-state index contributed by atoms with van der Waals surface area (Å²) in [6, 6.07) is 9.05. The smallest absolute Gasteiger partial charge is 0.335 e. The molecule has 1 aliphatic rings. The monoisotopic (exact) mass is 408 g/mol. The van der Waals surface area contributed by atoms with Gasteiger partial charge in [0.2, 0.25) is 0 Å². The maximum Gasteiger partial charge on any atom is 0.335 e. The first-order valence-corrected chi connectivity index (χ1v) is 9.06.